The van der Waals surface area contributed by atoms with E-state index in [0.29, 0.717) is 22.7 Å². The number of rotatable bonds is 7. The van der Waals surface area contributed by atoms with Gasteiger partial charge in [0, 0.05) is 24.6 Å². The highest BCUT2D eigenvalue weighted by molar-refractivity contribution is 5.95. The molecular weight excluding hydrogens is 356 g/mol. The van der Waals surface area contributed by atoms with Gasteiger partial charge in [0.2, 0.25) is 5.91 Å². The van der Waals surface area contributed by atoms with E-state index in [-0.39, 0.29) is 30.2 Å². The Morgan fingerprint density at radius 3 is 2.21 bits per heavy atom. The Kier molecular flexibility index (Phi) is 7.04. The SMILES string of the molecule is COc1ccc(NC(=O)CCNC(=O)c2ccc(C(C)(C)C)cc2)c(OC)c1. The largest absolute Gasteiger partial charge is 0.497 e. The summed E-state index contributed by atoms with van der Waals surface area (Å²) in [5.74, 6) is 0.734. The number of nitrogens with one attached hydrogen (secondary N) is 2. The predicted molar refractivity (Wildman–Crippen MR) is 110 cm³/mol. The first kappa shape index (κ1) is 21.3. The minimum absolute atomic E-state index is 0.0373. The van der Waals surface area contributed by atoms with Crippen LogP contribution in [0.25, 0.3) is 0 Å². The van der Waals surface area contributed by atoms with Crippen LogP contribution in [-0.4, -0.2) is 32.6 Å². The predicted octanol–water partition coefficient (Wildman–Crippen LogP) is 3.76. The first-order chi connectivity index (χ1) is 13.2. The molecule has 0 aliphatic carbocycles. The van der Waals surface area contributed by atoms with E-state index in [0.717, 1.165) is 5.56 Å². The van der Waals surface area contributed by atoms with Gasteiger partial charge >= 0.3 is 0 Å². The van der Waals surface area contributed by atoms with E-state index in [4.69, 9.17) is 9.47 Å². The van der Waals surface area contributed by atoms with Crippen molar-refractivity contribution < 1.29 is 19.1 Å². The molecule has 0 spiro atoms. The number of carbonyl (C=O) groups is 2. The van der Waals surface area contributed by atoms with Gasteiger partial charge in [-0.1, -0.05) is 32.9 Å². The van der Waals surface area contributed by atoms with Crippen LogP contribution < -0.4 is 20.1 Å². The van der Waals surface area contributed by atoms with Gasteiger partial charge in [-0.25, -0.2) is 0 Å². The van der Waals surface area contributed by atoms with Crippen molar-refractivity contribution in [2.75, 3.05) is 26.1 Å². The lowest BCUT2D eigenvalue weighted by atomic mass is 9.87. The van der Waals surface area contributed by atoms with E-state index >= 15 is 0 Å². The Hall–Kier alpha value is -3.02. The van der Waals surface area contributed by atoms with Crippen LogP contribution in [0.1, 0.15) is 43.1 Å². The monoisotopic (exact) mass is 384 g/mol. The maximum atomic E-state index is 12.2. The fourth-order valence-electron chi connectivity index (χ4n) is 2.63. The van der Waals surface area contributed by atoms with Crippen LogP contribution in [0.2, 0.25) is 0 Å². The molecule has 0 unspecified atom stereocenters. The molecule has 2 amide bonds. The van der Waals surface area contributed by atoms with Gasteiger partial charge in [0.05, 0.1) is 19.9 Å². The molecular formula is C22H28N2O4. The van der Waals surface area contributed by atoms with Crippen molar-refractivity contribution in [3.63, 3.8) is 0 Å². The molecule has 0 aliphatic rings. The summed E-state index contributed by atoms with van der Waals surface area (Å²) in [6, 6.07) is 12.7. The van der Waals surface area contributed by atoms with Crippen molar-refractivity contribution in [3.05, 3.63) is 53.6 Å². The molecule has 0 saturated heterocycles. The first-order valence-corrected chi connectivity index (χ1v) is 9.15. The molecule has 28 heavy (non-hydrogen) atoms. The maximum absolute atomic E-state index is 12.2. The van der Waals surface area contributed by atoms with E-state index in [1.165, 1.54) is 7.11 Å². The molecule has 2 rings (SSSR count). The van der Waals surface area contributed by atoms with Crippen molar-refractivity contribution in [1.29, 1.82) is 0 Å². The van der Waals surface area contributed by atoms with Crippen molar-refractivity contribution in [2.45, 2.75) is 32.6 Å². The second-order valence-electron chi connectivity index (χ2n) is 7.45. The molecule has 0 atom stereocenters. The zero-order chi connectivity index (χ0) is 20.7. The maximum Gasteiger partial charge on any atom is 0.251 e. The van der Waals surface area contributed by atoms with Gasteiger partial charge in [0.1, 0.15) is 11.5 Å². The summed E-state index contributed by atoms with van der Waals surface area (Å²) < 4.78 is 10.4. The summed E-state index contributed by atoms with van der Waals surface area (Å²) in [6.45, 7) is 6.61. The van der Waals surface area contributed by atoms with Crippen LogP contribution in [0.15, 0.2) is 42.5 Å². The number of ether oxygens (including phenoxy) is 2. The highest BCUT2D eigenvalue weighted by Gasteiger charge is 2.14. The molecule has 0 fully saturated rings. The number of amides is 2. The van der Waals surface area contributed by atoms with Gasteiger partial charge in [-0.2, -0.15) is 0 Å². The summed E-state index contributed by atoms with van der Waals surface area (Å²) in [5, 5.41) is 5.55. The minimum atomic E-state index is -0.216. The van der Waals surface area contributed by atoms with Crippen LogP contribution in [0.3, 0.4) is 0 Å². The minimum Gasteiger partial charge on any atom is -0.497 e. The second kappa shape index (κ2) is 9.26. The van der Waals surface area contributed by atoms with Crippen molar-refractivity contribution in [2.24, 2.45) is 0 Å². The lowest BCUT2D eigenvalue weighted by Crippen LogP contribution is -2.27. The van der Waals surface area contributed by atoms with E-state index in [2.05, 4.69) is 31.4 Å². The molecule has 2 aromatic carbocycles. The van der Waals surface area contributed by atoms with Gasteiger partial charge in [-0.05, 0) is 35.2 Å². The molecule has 6 nitrogen and oxygen atoms in total. The topological polar surface area (TPSA) is 76.7 Å². The molecule has 150 valence electrons. The number of anilines is 1. The van der Waals surface area contributed by atoms with E-state index < -0.39 is 0 Å². The zero-order valence-electron chi connectivity index (χ0n) is 17.1. The normalized spacial score (nSPS) is 10.9. The number of hydrogen-bond donors (Lipinski definition) is 2. The van der Waals surface area contributed by atoms with Gasteiger partial charge in [-0.15, -0.1) is 0 Å². The summed E-state index contributed by atoms with van der Waals surface area (Å²) in [7, 11) is 3.09. The molecule has 2 aromatic rings. The lowest BCUT2D eigenvalue weighted by molar-refractivity contribution is -0.116. The van der Waals surface area contributed by atoms with Crippen molar-refractivity contribution in [3.8, 4) is 11.5 Å². The Labute approximate surface area is 166 Å². The highest BCUT2D eigenvalue weighted by atomic mass is 16.5. The fraction of sp³-hybridized carbons (Fsp3) is 0.364. The third-order valence-corrected chi connectivity index (χ3v) is 4.33. The lowest BCUT2D eigenvalue weighted by Gasteiger charge is -2.19. The Morgan fingerprint density at radius 2 is 1.64 bits per heavy atom. The van der Waals surface area contributed by atoms with Crippen LogP contribution in [0, 0.1) is 0 Å². The second-order valence-corrected chi connectivity index (χ2v) is 7.45. The first-order valence-electron chi connectivity index (χ1n) is 9.15. The average Bonchev–Trinajstić information content (AvgIpc) is 2.67. The number of hydrogen-bond acceptors (Lipinski definition) is 4. The number of benzene rings is 2. The summed E-state index contributed by atoms with van der Waals surface area (Å²) in [5.41, 5.74) is 2.33. The van der Waals surface area contributed by atoms with Crippen molar-refractivity contribution in [1.82, 2.24) is 5.32 Å². The van der Waals surface area contributed by atoms with Crippen LogP contribution in [-0.2, 0) is 10.2 Å². The Bertz CT molecular complexity index is 823. The van der Waals surface area contributed by atoms with E-state index in [1.54, 1.807) is 37.4 Å². The zero-order valence-corrected chi connectivity index (χ0v) is 17.1. The van der Waals surface area contributed by atoms with E-state index in [9.17, 15) is 9.59 Å². The molecule has 0 heterocycles. The van der Waals surface area contributed by atoms with Gasteiger partial charge < -0.3 is 20.1 Å². The number of methoxy groups -OCH3 is 2. The standard InChI is InChI=1S/C22H28N2O4/c1-22(2,3)16-8-6-15(7-9-16)21(26)23-13-12-20(25)24-18-11-10-17(27-4)14-19(18)28-5/h6-11,14H,12-13H2,1-5H3,(H,23,26)(H,24,25). The molecule has 6 heteroatoms. The quantitative estimate of drug-likeness (QED) is 0.762. The Balaban J connectivity index is 1.86. The van der Waals surface area contributed by atoms with Gasteiger partial charge in [0.15, 0.2) is 0 Å². The summed E-state index contributed by atoms with van der Waals surface area (Å²) in [6.07, 6.45) is 0.154. The highest BCUT2D eigenvalue weighted by Crippen LogP contribution is 2.29. The smallest absolute Gasteiger partial charge is 0.251 e. The van der Waals surface area contributed by atoms with Gasteiger partial charge in [0.25, 0.3) is 5.91 Å². The third-order valence-electron chi connectivity index (χ3n) is 4.33. The van der Waals surface area contributed by atoms with Gasteiger partial charge in [-0.3, -0.25) is 9.59 Å². The Morgan fingerprint density at radius 1 is 0.964 bits per heavy atom. The average molecular weight is 384 g/mol. The van der Waals surface area contributed by atoms with Crippen LogP contribution in [0.5, 0.6) is 11.5 Å². The van der Waals surface area contributed by atoms with Crippen LogP contribution in [0.4, 0.5) is 5.69 Å². The third kappa shape index (κ3) is 5.74. The molecule has 0 radical (unpaired) electrons. The molecule has 2 N–H and O–H groups in total. The van der Waals surface area contributed by atoms with Crippen molar-refractivity contribution >= 4 is 17.5 Å². The molecule has 0 aromatic heterocycles. The molecule has 0 bridgehead atoms. The molecule has 0 saturated carbocycles. The van der Waals surface area contributed by atoms with E-state index in [1.807, 2.05) is 12.1 Å². The van der Waals surface area contributed by atoms with Crippen LogP contribution >= 0.6 is 0 Å². The fourth-order valence-corrected chi connectivity index (χ4v) is 2.63. The summed E-state index contributed by atoms with van der Waals surface area (Å²) >= 11 is 0. The number of carbonyl (C=O) groups excluding carboxylic acids is 2. The summed E-state index contributed by atoms with van der Waals surface area (Å²) in [4.78, 5) is 24.4. The molecule has 0 aliphatic heterocycles.